The van der Waals surface area contributed by atoms with E-state index in [1.807, 2.05) is 18.2 Å². The molecule has 0 unspecified atom stereocenters. The van der Waals surface area contributed by atoms with Gasteiger partial charge in [0.1, 0.15) is 0 Å². The monoisotopic (exact) mass is 261 g/mol. The molecular formula is C10H13BrClN. The van der Waals surface area contributed by atoms with E-state index in [0.717, 1.165) is 24.0 Å². The van der Waals surface area contributed by atoms with Crippen molar-refractivity contribution in [2.24, 2.45) is 0 Å². The van der Waals surface area contributed by atoms with Gasteiger partial charge in [-0.3, -0.25) is 4.42 Å². The molecule has 0 N–H and O–H groups in total. The lowest BCUT2D eigenvalue weighted by Gasteiger charge is -2.17. The van der Waals surface area contributed by atoms with E-state index in [4.69, 9.17) is 11.8 Å². The molecule has 13 heavy (non-hydrogen) atoms. The second-order valence-corrected chi connectivity index (χ2v) is 4.12. The molecule has 3 heteroatoms. The molecule has 0 radical (unpaired) electrons. The number of halogens is 2. The molecule has 0 saturated heterocycles. The van der Waals surface area contributed by atoms with Crippen molar-refractivity contribution in [3.8, 4) is 0 Å². The van der Waals surface area contributed by atoms with Crippen LogP contribution in [0, 0.1) is 6.92 Å². The largest absolute Gasteiger partial charge is 0.285 e. The molecule has 0 aliphatic rings. The molecule has 0 amide bonds. The van der Waals surface area contributed by atoms with Gasteiger partial charge in [0.15, 0.2) is 0 Å². The predicted molar refractivity (Wildman–Crippen MR) is 62.8 cm³/mol. The number of hydrogen-bond acceptors (Lipinski definition) is 1. The molecule has 1 aromatic rings. The summed E-state index contributed by atoms with van der Waals surface area (Å²) in [7, 11) is 0. The first-order chi connectivity index (χ1) is 6.25. The fourth-order valence-corrected chi connectivity index (χ4v) is 1.71. The molecule has 0 heterocycles. The fourth-order valence-electron chi connectivity index (χ4n) is 1.15. The van der Waals surface area contributed by atoms with Gasteiger partial charge in [0.05, 0.1) is 5.69 Å². The minimum Gasteiger partial charge on any atom is -0.285 e. The highest BCUT2D eigenvalue weighted by Gasteiger charge is 2.04. The number of nitrogens with zero attached hydrogens (tertiary/aromatic N) is 1. The van der Waals surface area contributed by atoms with Crippen LogP contribution in [0.15, 0.2) is 24.3 Å². The van der Waals surface area contributed by atoms with Crippen LogP contribution in [0.5, 0.6) is 0 Å². The Morgan fingerprint density at radius 2 is 2.08 bits per heavy atom. The molecule has 0 bridgehead atoms. The van der Waals surface area contributed by atoms with Gasteiger partial charge in [-0.2, -0.15) is 0 Å². The van der Waals surface area contributed by atoms with Crippen molar-refractivity contribution in [1.82, 2.24) is 0 Å². The van der Waals surface area contributed by atoms with Crippen LogP contribution < -0.4 is 4.42 Å². The number of para-hydroxylation sites is 1. The molecule has 1 rings (SSSR count). The van der Waals surface area contributed by atoms with Gasteiger partial charge in [0.2, 0.25) is 0 Å². The maximum Gasteiger partial charge on any atom is 0.0552 e. The summed E-state index contributed by atoms with van der Waals surface area (Å²) < 4.78 is 1.77. The van der Waals surface area contributed by atoms with E-state index in [9.17, 15) is 0 Å². The summed E-state index contributed by atoms with van der Waals surface area (Å²) in [6.45, 7) is 2.94. The highest BCUT2D eigenvalue weighted by Crippen LogP contribution is 2.21. The van der Waals surface area contributed by atoms with E-state index in [2.05, 4.69) is 28.9 Å². The van der Waals surface area contributed by atoms with Crippen molar-refractivity contribution in [2.45, 2.75) is 13.3 Å². The number of anilines is 1. The van der Waals surface area contributed by atoms with E-state index >= 15 is 0 Å². The van der Waals surface area contributed by atoms with E-state index in [1.165, 1.54) is 5.56 Å². The average molecular weight is 263 g/mol. The molecule has 0 saturated carbocycles. The van der Waals surface area contributed by atoms with Crippen LogP contribution in [0.4, 0.5) is 5.69 Å². The van der Waals surface area contributed by atoms with Crippen LogP contribution in [-0.4, -0.2) is 11.9 Å². The van der Waals surface area contributed by atoms with Crippen molar-refractivity contribution in [1.29, 1.82) is 0 Å². The highest BCUT2D eigenvalue weighted by molar-refractivity contribution is 9.09. The van der Waals surface area contributed by atoms with Crippen LogP contribution >= 0.6 is 27.7 Å². The summed E-state index contributed by atoms with van der Waals surface area (Å²) in [5, 5.41) is 0.988. The van der Waals surface area contributed by atoms with Gasteiger partial charge in [-0.15, -0.1) is 0 Å². The Labute approximate surface area is 92.9 Å². The Morgan fingerprint density at radius 3 is 2.69 bits per heavy atom. The molecule has 0 fully saturated rings. The van der Waals surface area contributed by atoms with Crippen LogP contribution in [0.2, 0.25) is 0 Å². The van der Waals surface area contributed by atoms with Gasteiger partial charge in [0, 0.05) is 23.7 Å². The first-order valence-electron chi connectivity index (χ1n) is 4.30. The molecular weight excluding hydrogens is 249 g/mol. The maximum absolute atomic E-state index is 6.10. The molecule has 1 aromatic carbocycles. The van der Waals surface area contributed by atoms with Gasteiger partial charge in [-0.25, -0.2) is 0 Å². The molecule has 0 aliphatic heterocycles. The Balaban J connectivity index is 2.65. The lowest BCUT2D eigenvalue weighted by atomic mass is 10.2. The third-order valence-corrected chi connectivity index (χ3v) is 2.78. The maximum atomic E-state index is 6.10. The van der Waals surface area contributed by atoms with Crippen molar-refractivity contribution in [3.05, 3.63) is 29.8 Å². The number of alkyl halides is 1. The van der Waals surface area contributed by atoms with Gasteiger partial charge >= 0.3 is 0 Å². The standard InChI is InChI=1S/C10H13BrClN/c1-9-5-2-3-6-10(9)13(12)8-4-7-11/h2-3,5-6H,4,7-8H2,1H3. The zero-order valence-electron chi connectivity index (χ0n) is 7.63. The lowest BCUT2D eigenvalue weighted by molar-refractivity contribution is 0.936. The van der Waals surface area contributed by atoms with Gasteiger partial charge < -0.3 is 0 Å². The lowest BCUT2D eigenvalue weighted by Crippen LogP contribution is -2.13. The number of benzene rings is 1. The Kier molecular flexibility index (Phi) is 4.60. The molecule has 0 aliphatic carbocycles. The van der Waals surface area contributed by atoms with E-state index in [0.29, 0.717) is 0 Å². The molecule has 0 aromatic heterocycles. The first-order valence-corrected chi connectivity index (χ1v) is 5.76. The van der Waals surface area contributed by atoms with Crippen LogP contribution in [0.3, 0.4) is 0 Å². The third kappa shape index (κ3) is 3.20. The zero-order valence-corrected chi connectivity index (χ0v) is 9.98. The highest BCUT2D eigenvalue weighted by atomic mass is 79.9. The molecule has 0 spiro atoms. The van der Waals surface area contributed by atoms with Crippen molar-refractivity contribution < 1.29 is 0 Å². The van der Waals surface area contributed by atoms with Gasteiger partial charge in [0.25, 0.3) is 0 Å². The minimum absolute atomic E-state index is 0.873. The van der Waals surface area contributed by atoms with E-state index in [-0.39, 0.29) is 0 Å². The molecule has 0 atom stereocenters. The SMILES string of the molecule is Cc1ccccc1N(Cl)CCCBr. The zero-order chi connectivity index (χ0) is 9.68. The van der Waals surface area contributed by atoms with Crippen LogP contribution in [0.25, 0.3) is 0 Å². The molecule has 72 valence electrons. The van der Waals surface area contributed by atoms with E-state index < -0.39 is 0 Å². The van der Waals surface area contributed by atoms with Crippen molar-refractivity contribution in [2.75, 3.05) is 16.3 Å². The summed E-state index contributed by atoms with van der Waals surface area (Å²) in [4.78, 5) is 0. The summed E-state index contributed by atoms with van der Waals surface area (Å²) in [6, 6.07) is 8.13. The second-order valence-electron chi connectivity index (χ2n) is 2.91. The average Bonchev–Trinajstić information content (AvgIpc) is 2.15. The number of hydrogen-bond donors (Lipinski definition) is 0. The van der Waals surface area contributed by atoms with Crippen LogP contribution in [-0.2, 0) is 0 Å². The van der Waals surface area contributed by atoms with Crippen molar-refractivity contribution >= 4 is 33.4 Å². The smallest absolute Gasteiger partial charge is 0.0552 e. The predicted octanol–water partition coefficient (Wildman–Crippen LogP) is 3.74. The second kappa shape index (κ2) is 5.51. The Hall–Kier alpha value is -0.210. The fraction of sp³-hybridized carbons (Fsp3) is 0.400. The summed E-state index contributed by atoms with van der Waals surface area (Å²) in [6.07, 6.45) is 1.05. The van der Waals surface area contributed by atoms with E-state index in [1.54, 1.807) is 4.42 Å². The summed E-state index contributed by atoms with van der Waals surface area (Å²) in [5.41, 5.74) is 2.32. The van der Waals surface area contributed by atoms with Gasteiger partial charge in [-0.1, -0.05) is 34.1 Å². The Morgan fingerprint density at radius 1 is 1.38 bits per heavy atom. The topological polar surface area (TPSA) is 3.24 Å². The first kappa shape index (κ1) is 10.9. The summed E-state index contributed by atoms with van der Waals surface area (Å²) >= 11 is 9.49. The summed E-state index contributed by atoms with van der Waals surface area (Å²) in [5.74, 6) is 0. The minimum atomic E-state index is 0.873. The molecule has 1 nitrogen and oxygen atoms in total. The number of rotatable bonds is 4. The quantitative estimate of drug-likeness (QED) is 0.590. The Bertz CT molecular complexity index is 265. The normalized spacial score (nSPS) is 10.1. The number of aryl methyl sites for hydroxylation is 1. The van der Waals surface area contributed by atoms with Gasteiger partial charge in [-0.05, 0) is 25.0 Å². The third-order valence-electron chi connectivity index (χ3n) is 1.86. The van der Waals surface area contributed by atoms with Crippen molar-refractivity contribution in [3.63, 3.8) is 0 Å². The van der Waals surface area contributed by atoms with Crippen LogP contribution in [0.1, 0.15) is 12.0 Å².